The second-order valence-corrected chi connectivity index (χ2v) is 11.0. The van der Waals surface area contributed by atoms with Crippen molar-refractivity contribution in [3.05, 3.63) is 76.9 Å². The molecule has 0 saturated heterocycles. The van der Waals surface area contributed by atoms with Crippen LogP contribution in [0.2, 0.25) is 0 Å². The van der Waals surface area contributed by atoms with E-state index in [1.54, 1.807) is 6.07 Å². The highest BCUT2D eigenvalue weighted by Gasteiger charge is 2.26. The van der Waals surface area contributed by atoms with E-state index in [1.807, 2.05) is 39.0 Å². The summed E-state index contributed by atoms with van der Waals surface area (Å²) in [6.07, 6.45) is 17.1. The summed E-state index contributed by atoms with van der Waals surface area (Å²) in [7, 11) is 0. The minimum atomic E-state index is -0.438. The molecule has 1 aliphatic carbocycles. The van der Waals surface area contributed by atoms with Gasteiger partial charge in [0.05, 0.1) is 0 Å². The Morgan fingerprint density at radius 2 is 1.60 bits per heavy atom. The van der Waals surface area contributed by atoms with Crippen LogP contribution in [0, 0.1) is 5.41 Å². The number of nitrogens with one attached hydrogen (secondary N) is 1. The lowest BCUT2D eigenvalue weighted by Crippen LogP contribution is -2.19. The molecular weight excluding hydrogens is 502 g/mol. The molecule has 0 radical (unpaired) electrons. The lowest BCUT2D eigenvalue weighted by atomic mass is 9.72. The molecule has 1 aromatic rings. The van der Waals surface area contributed by atoms with Crippen molar-refractivity contribution in [1.82, 2.24) is 0 Å². The van der Waals surface area contributed by atoms with Crippen LogP contribution in [-0.2, 0) is 14.4 Å². The molecule has 2 rings (SSSR count). The minimum absolute atomic E-state index is 0.0949. The number of esters is 2. The smallest absolute Gasteiger partial charge is 0.311 e. The topological polar surface area (TPSA) is 81.7 Å². The monoisotopic (exact) mass is 547 g/mol. The highest BCUT2D eigenvalue weighted by Crippen LogP contribution is 2.40. The molecule has 0 aliphatic heterocycles. The molecule has 0 spiro atoms. The molecule has 0 unspecified atom stereocenters. The minimum Gasteiger partial charge on any atom is -0.423 e. The Kier molecular flexibility index (Phi) is 12.9. The first kappa shape index (κ1) is 32.5. The molecule has 6 nitrogen and oxygen atoms in total. The van der Waals surface area contributed by atoms with E-state index in [0.717, 1.165) is 11.1 Å². The van der Waals surface area contributed by atoms with Crippen molar-refractivity contribution in [2.24, 2.45) is 5.41 Å². The van der Waals surface area contributed by atoms with Crippen molar-refractivity contribution in [1.29, 1.82) is 0 Å². The number of carbonyl (C=O) groups is 3. The van der Waals surface area contributed by atoms with E-state index in [1.165, 1.54) is 48.6 Å². The van der Waals surface area contributed by atoms with E-state index in [4.69, 9.17) is 9.47 Å². The second kappa shape index (κ2) is 15.8. The van der Waals surface area contributed by atoms with Gasteiger partial charge in [-0.05, 0) is 81.6 Å². The Morgan fingerprint density at radius 3 is 2.23 bits per heavy atom. The van der Waals surface area contributed by atoms with Crippen LogP contribution in [0.15, 0.2) is 76.9 Å². The van der Waals surface area contributed by atoms with Gasteiger partial charge in [-0.25, -0.2) is 0 Å². The summed E-state index contributed by atoms with van der Waals surface area (Å²) < 4.78 is 10.8. The average molecular weight is 548 g/mol. The van der Waals surface area contributed by atoms with Crippen molar-refractivity contribution < 1.29 is 23.9 Å². The summed E-state index contributed by atoms with van der Waals surface area (Å²) in [4.78, 5) is 36.7. The van der Waals surface area contributed by atoms with Crippen molar-refractivity contribution in [2.45, 2.75) is 93.4 Å². The van der Waals surface area contributed by atoms with Gasteiger partial charge in [-0.2, -0.15) is 0 Å². The number of amides is 1. The predicted octanol–water partition coefficient (Wildman–Crippen LogP) is 8.57. The number of allylic oxidation sites excluding steroid dienone is 9. The van der Waals surface area contributed by atoms with Gasteiger partial charge in [0.1, 0.15) is 0 Å². The molecule has 6 heteroatoms. The zero-order valence-electron chi connectivity index (χ0n) is 25.2. The summed E-state index contributed by atoms with van der Waals surface area (Å²) in [6.45, 7) is 14.5. The fourth-order valence-corrected chi connectivity index (χ4v) is 4.57. The normalized spacial score (nSPS) is 16.0. The zero-order valence-corrected chi connectivity index (χ0v) is 25.2. The maximum Gasteiger partial charge on any atom is 0.311 e. The van der Waals surface area contributed by atoms with Crippen molar-refractivity contribution in [3.63, 3.8) is 0 Å². The van der Waals surface area contributed by atoms with Crippen LogP contribution in [-0.4, -0.2) is 17.8 Å². The van der Waals surface area contributed by atoms with Crippen molar-refractivity contribution >= 4 is 23.5 Å². The van der Waals surface area contributed by atoms with E-state index < -0.39 is 11.9 Å². The zero-order chi connectivity index (χ0) is 29.7. The molecule has 0 atom stereocenters. The van der Waals surface area contributed by atoms with Gasteiger partial charge in [0.15, 0.2) is 11.5 Å². The van der Waals surface area contributed by atoms with Gasteiger partial charge in [0.2, 0.25) is 5.91 Å². The first-order valence-electron chi connectivity index (χ1n) is 14.2. The summed E-state index contributed by atoms with van der Waals surface area (Å²) in [6, 6.07) is 4.61. The van der Waals surface area contributed by atoms with Crippen LogP contribution in [0.1, 0.15) is 93.4 Å². The van der Waals surface area contributed by atoms with Gasteiger partial charge in [0, 0.05) is 30.7 Å². The quantitative estimate of drug-likeness (QED) is 0.123. The fraction of sp³-hybridized carbons (Fsp3) is 0.441. The standard InChI is InChI=1S/C34H45NO5/c1-8-12-32(37)39-29-20-18-27(23-30(29)40-33(38)13-9-2)35-31(36)22-25(4)15-10-14-24(3)17-19-28-26(5)16-11-21-34(28,6)7/h10,14-15,17-20,22-23H,8-9,11-13,16,21H2,1-7H3,(H,35,36). The molecule has 0 heterocycles. The van der Waals surface area contributed by atoms with Crippen LogP contribution < -0.4 is 14.8 Å². The summed E-state index contributed by atoms with van der Waals surface area (Å²) >= 11 is 0. The van der Waals surface area contributed by atoms with E-state index >= 15 is 0 Å². The Hall–Kier alpha value is -3.67. The van der Waals surface area contributed by atoms with Crippen molar-refractivity contribution in [3.8, 4) is 11.5 Å². The first-order chi connectivity index (χ1) is 18.9. The highest BCUT2D eigenvalue weighted by molar-refractivity contribution is 6.00. The molecule has 0 saturated carbocycles. The summed E-state index contributed by atoms with van der Waals surface area (Å²) in [5.74, 6) is -0.941. The largest absolute Gasteiger partial charge is 0.423 e. The molecule has 1 N–H and O–H groups in total. The number of benzene rings is 1. The Balaban J connectivity index is 2.08. The van der Waals surface area contributed by atoms with Crippen LogP contribution in [0.4, 0.5) is 5.69 Å². The van der Waals surface area contributed by atoms with E-state index in [9.17, 15) is 14.4 Å². The SMILES string of the molecule is CCCC(=O)Oc1ccc(NC(=O)C=C(C)C=CC=C(C)C=CC2=C(C)CCCC2(C)C)cc1OC(=O)CCC. The molecule has 40 heavy (non-hydrogen) atoms. The molecule has 1 amide bonds. The predicted molar refractivity (Wildman–Crippen MR) is 162 cm³/mol. The maximum atomic E-state index is 12.6. The Labute approximate surface area is 239 Å². The second-order valence-electron chi connectivity index (χ2n) is 11.0. The summed E-state index contributed by atoms with van der Waals surface area (Å²) in [5, 5.41) is 2.78. The van der Waals surface area contributed by atoms with Gasteiger partial charge in [-0.1, -0.05) is 69.2 Å². The van der Waals surface area contributed by atoms with Crippen LogP contribution in [0.25, 0.3) is 0 Å². The number of anilines is 1. The molecule has 0 fully saturated rings. The van der Waals surface area contributed by atoms with Crippen LogP contribution in [0.5, 0.6) is 11.5 Å². The Morgan fingerprint density at radius 1 is 0.950 bits per heavy atom. The van der Waals surface area contributed by atoms with Crippen molar-refractivity contribution in [2.75, 3.05) is 5.32 Å². The van der Waals surface area contributed by atoms with Gasteiger partial charge in [0.25, 0.3) is 0 Å². The van der Waals surface area contributed by atoms with Crippen LogP contribution in [0.3, 0.4) is 0 Å². The third-order valence-corrected chi connectivity index (χ3v) is 6.70. The Bertz CT molecular complexity index is 1230. The first-order valence-corrected chi connectivity index (χ1v) is 14.2. The maximum absolute atomic E-state index is 12.6. The number of ether oxygens (including phenoxy) is 2. The van der Waals surface area contributed by atoms with Gasteiger partial charge < -0.3 is 14.8 Å². The lowest BCUT2D eigenvalue weighted by Gasteiger charge is -2.32. The van der Waals surface area contributed by atoms with Gasteiger partial charge >= 0.3 is 11.9 Å². The molecule has 216 valence electrons. The number of hydrogen-bond acceptors (Lipinski definition) is 5. The average Bonchev–Trinajstić information content (AvgIpc) is 2.85. The molecule has 1 aliphatic rings. The third kappa shape index (κ3) is 10.8. The number of hydrogen-bond donors (Lipinski definition) is 1. The number of carbonyl (C=O) groups excluding carboxylic acids is 3. The third-order valence-electron chi connectivity index (χ3n) is 6.70. The van der Waals surface area contributed by atoms with E-state index in [2.05, 4.69) is 45.2 Å². The molecule has 0 aromatic heterocycles. The summed E-state index contributed by atoms with van der Waals surface area (Å²) in [5.41, 5.74) is 5.43. The molecule has 1 aromatic carbocycles. The van der Waals surface area contributed by atoms with Gasteiger partial charge in [-0.15, -0.1) is 0 Å². The van der Waals surface area contributed by atoms with Gasteiger partial charge in [-0.3, -0.25) is 14.4 Å². The fourth-order valence-electron chi connectivity index (χ4n) is 4.57. The lowest BCUT2D eigenvalue weighted by molar-refractivity contribution is -0.137. The molecular formula is C34H45NO5. The highest BCUT2D eigenvalue weighted by atomic mass is 16.6. The van der Waals surface area contributed by atoms with E-state index in [0.29, 0.717) is 18.5 Å². The van der Waals surface area contributed by atoms with E-state index in [-0.39, 0.29) is 35.7 Å². The number of rotatable bonds is 12. The molecule has 0 bridgehead atoms. The van der Waals surface area contributed by atoms with Crippen LogP contribution >= 0.6 is 0 Å².